The Morgan fingerprint density at radius 2 is 1.88 bits per heavy atom. The van der Waals surface area contributed by atoms with E-state index in [9.17, 15) is 9.59 Å². The quantitative estimate of drug-likeness (QED) is 0.526. The van der Waals surface area contributed by atoms with Gasteiger partial charge in [0, 0.05) is 18.5 Å². The van der Waals surface area contributed by atoms with Crippen LogP contribution in [-0.4, -0.2) is 37.6 Å². The summed E-state index contributed by atoms with van der Waals surface area (Å²) in [6.07, 6.45) is 3.54. The molecule has 1 rings (SSSR count). The first-order chi connectivity index (χ1) is 8.09. The minimum absolute atomic E-state index is 0.0552. The van der Waals surface area contributed by atoms with Crippen LogP contribution in [0.1, 0.15) is 25.7 Å². The number of hydrogen-bond acceptors (Lipinski definition) is 4. The minimum atomic E-state index is -0.502. The van der Waals surface area contributed by atoms with Crippen LogP contribution in [-0.2, 0) is 14.3 Å². The first-order valence-electron chi connectivity index (χ1n) is 5.99. The number of primary amides is 1. The largest absolute Gasteiger partial charge is 0.370 e. The highest BCUT2D eigenvalue weighted by Gasteiger charge is 2.23. The number of rotatable bonds is 6. The molecule has 0 unspecified atom stereocenters. The van der Waals surface area contributed by atoms with Gasteiger partial charge in [-0.25, -0.2) is 0 Å². The Morgan fingerprint density at radius 3 is 2.47 bits per heavy atom. The maximum absolute atomic E-state index is 11.7. The Hall–Kier alpha value is -1.14. The van der Waals surface area contributed by atoms with Crippen LogP contribution in [0.25, 0.3) is 0 Å². The standard InChI is InChI=1S/C11H21N3O3/c12-9-3-1-8(2-4-9)11(16)14-5-6-17-7-10(13)15/h8-9H,1-7,12H2,(H2,13,15)(H,14,16). The molecule has 1 aliphatic carbocycles. The Morgan fingerprint density at radius 1 is 1.24 bits per heavy atom. The van der Waals surface area contributed by atoms with Crippen molar-refractivity contribution in [2.45, 2.75) is 31.7 Å². The third-order valence-corrected chi connectivity index (χ3v) is 2.93. The molecule has 0 aromatic carbocycles. The van der Waals surface area contributed by atoms with Crippen molar-refractivity contribution in [2.24, 2.45) is 17.4 Å². The fourth-order valence-electron chi connectivity index (χ4n) is 1.94. The van der Waals surface area contributed by atoms with E-state index in [1.165, 1.54) is 0 Å². The van der Waals surface area contributed by atoms with E-state index in [4.69, 9.17) is 16.2 Å². The van der Waals surface area contributed by atoms with E-state index in [0.717, 1.165) is 25.7 Å². The second kappa shape index (κ2) is 7.24. The minimum Gasteiger partial charge on any atom is -0.370 e. The second-order valence-electron chi connectivity index (χ2n) is 4.42. The van der Waals surface area contributed by atoms with Crippen molar-refractivity contribution >= 4 is 11.8 Å². The smallest absolute Gasteiger partial charge is 0.243 e. The number of nitrogens with one attached hydrogen (secondary N) is 1. The molecule has 1 aliphatic rings. The highest BCUT2D eigenvalue weighted by Crippen LogP contribution is 2.22. The average molecular weight is 243 g/mol. The molecule has 5 N–H and O–H groups in total. The highest BCUT2D eigenvalue weighted by molar-refractivity contribution is 5.78. The molecule has 98 valence electrons. The van der Waals surface area contributed by atoms with Gasteiger partial charge in [0.15, 0.2) is 0 Å². The van der Waals surface area contributed by atoms with Gasteiger partial charge in [-0.05, 0) is 25.7 Å². The zero-order valence-electron chi connectivity index (χ0n) is 9.98. The fraction of sp³-hybridized carbons (Fsp3) is 0.818. The molecule has 0 bridgehead atoms. The first kappa shape index (κ1) is 13.9. The summed E-state index contributed by atoms with van der Waals surface area (Å²) in [6.45, 7) is 0.615. The van der Waals surface area contributed by atoms with Crippen molar-refractivity contribution in [1.82, 2.24) is 5.32 Å². The van der Waals surface area contributed by atoms with Crippen LogP contribution in [0.5, 0.6) is 0 Å². The maximum atomic E-state index is 11.7. The summed E-state index contributed by atoms with van der Waals surface area (Å²) in [6, 6.07) is 0.248. The van der Waals surface area contributed by atoms with E-state index >= 15 is 0 Å². The lowest BCUT2D eigenvalue weighted by molar-refractivity contribution is -0.126. The Balaban J connectivity index is 2.06. The zero-order chi connectivity index (χ0) is 12.7. The van der Waals surface area contributed by atoms with Gasteiger partial charge < -0.3 is 21.5 Å². The number of carbonyl (C=O) groups is 2. The predicted molar refractivity (Wildman–Crippen MR) is 63.0 cm³/mol. The van der Waals surface area contributed by atoms with Crippen LogP contribution in [0.15, 0.2) is 0 Å². The van der Waals surface area contributed by atoms with Crippen molar-refractivity contribution < 1.29 is 14.3 Å². The lowest BCUT2D eigenvalue weighted by Crippen LogP contribution is -2.37. The normalized spacial score (nSPS) is 24.3. The van der Waals surface area contributed by atoms with E-state index in [0.29, 0.717) is 13.2 Å². The van der Waals surface area contributed by atoms with Crippen molar-refractivity contribution in [2.75, 3.05) is 19.8 Å². The van der Waals surface area contributed by atoms with E-state index in [1.54, 1.807) is 0 Å². The summed E-state index contributed by atoms with van der Waals surface area (Å²) < 4.78 is 4.94. The Labute approximate surface area is 101 Å². The van der Waals surface area contributed by atoms with Crippen molar-refractivity contribution in [1.29, 1.82) is 0 Å². The molecule has 0 aliphatic heterocycles. The lowest BCUT2D eigenvalue weighted by atomic mass is 9.86. The van der Waals surface area contributed by atoms with E-state index in [2.05, 4.69) is 5.32 Å². The van der Waals surface area contributed by atoms with E-state index < -0.39 is 5.91 Å². The highest BCUT2D eigenvalue weighted by atomic mass is 16.5. The monoisotopic (exact) mass is 243 g/mol. The molecule has 0 aromatic heterocycles. The summed E-state index contributed by atoms with van der Waals surface area (Å²) in [7, 11) is 0. The summed E-state index contributed by atoms with van der Waals surface area (Å²) in [4.78, 5) is 22.1. The molecule has 6 nitrogen and oxygen atoms in total. The predicted octanol–water partition coefficient (Wildman–Crippen LogP) is -0.878. The Bertz CT molecular complexity index is 263. The van der Waals surface area contributed by atoms with Gasteiger partial charge in [0.1, 0.15) is 6.61 Å². The number of hydrogen-bond donors (Lipinski definition) is 3. The van der Waals surface area contributed by atoms with Gasteiger partial charge in [0.25, 0.3) is 0 Å². The molecule has 2 amide bonds. The van der Waals surface area contributed by atoms with Crippen molar-refractivity contribution in [3.63, 3.8) is 0 Å². The molecule has 0 saturated heterocycles. The molecular formula is C11H21N3O3. The fourth-order valence-corrected chi connectivity index (χ4v) is 1.94. The van der Waals surface area contributed by atoms with Gasteiger partial charge >= 0.3 is 0 Å². The molecule has 1 fully saturated rings. The van der Waals surface area contributed by atoms with E-state index in [1.807, 2.05) is 0 Å². The summed E-state index contributed by atoms with van der Waals surface area (Å²) in [5.41, 5.74) is 10.7. The maximum Gasteiger partial charge on any atom is 0.243 e. The third kappa shape index (κ3) is 5.65. The van der Waals surface area contributed by atoms with E-state index in [-0.39, 0.29) is 24.5 Å². The summed E-state index contributed by atoms with van der Waals surface area (Å²) >= 11 is 0. The molecular weight excluding hydrogens is 222 g/mol. The van der Waals surface area contributed by atoms with Crippen molar-refractivity contribution in [3.05, 3.63) is 0 Å². The average Bonchev–Trinajstić information content (AvgIpc) is 2.29. The topological polar surface area (TPSA) is 107 Å². The number of carbonyl (C=O) groups excluding carboxylic acids is 2. The summed E-state index contributed by atoms with van der Waals surface area (Å²) in [5.74, 6) is -0.372. The molecule has 6 heteroatoms. The van der Waals surface area contributed by atoms with Crippen LogP contribution in [0.2, 0.25) is 0 Å². The van der Waals surface area contributed by atoms with Crippen LogP contribution in [0.3, 0.4) is 0 Å². The van der Waals surface area contributed by atoms with Gasteiger partial charge in [-0.3, -0.25) is 9.59 Å². The molecule has 0 aromatic rings. The number of amides is 2. The molecule has 1 saturated carbocycles. The van der Waals surface area contributed by atoms with Gasteiger partial charge in [0.2, 0.25) is 11.8 Å². The van der Waals surface area contributed by atoms with Crippen LogP contribution in [0.4, 0.5) is 0 Å². The summed E-state index contributed by atoms with van der Waals surface area (Å²) in [5, 5.41) is 2.78. The van der Waals surface area contributed by atoms with Gasteiger partial charge in [-0.1, -0.05) is 0 Å². The third-order valence-electron chi connectivity index (χ3n) is 2.93. The Kier molecular flexibility index (Phi) is 5.93. The van der Waals surface area contributed by atoms with Crippen LogP contribution < -0.4 is 16.8 Å². The first-order valence-corrected chi connectivity index (χ1v) is 5.99. The zero-order valence-corrected chi connectivity index (χ0v) is 9.98. The molecule has 0 radical (unpaired) electrons. The SMILES string of the molecule is NC(=O)COCCNC(=O)C1CCC(N)CC1. The van der Waals surface area contributed by atoms with Gasteiger partial charge in [0.05, 0.1) is 6.61 Å². The van der Waals surface area contributed by atoms with Gasteiger partial charge in [-0.2, -0.15) is 0 Å². The van der Waals surface area contributed by atoms with Crippen LogP contribution >= 0.6 is 0 Å². The number of nitrogens with two attached hydrogens (primary N) is 2. The molecule has 0 atom stereocenters. The second-order valence-corrected chi connectivity index (χ2v) is 4.42. The number of ether oxygens (including phenoxy) is 1. The van der Waals surface area contributed by atoms with Crippen molar-refractivity contribution in [3.8, 4) is 0 Å². The van der Waals surface area contributed by atoms with Gasteiger partial charge in [-0.15, -0.1) is 0 Å². The van der Waals surface area contributed by atoms with Crippen LogP contribution in [0, 0.1) is 5.92 Å². The molecule has 0 heterocycles. The molecule has 17 heavy (non-hydrogen) atoms. The lowest BCUT2D eigenvalue weighted by Gasteiger charge is -2.25. The molecule has 0 spiro atoms.